The van der Waals surface area contributed by atoms with Gasteiger partial charge in [0.2, 0.25) is 0 Å². The van der Waals surface area contributed by atoms with Crippen molar-refractivity contribution in [1.29, 1.82) is 0 Å². The van der Waals surface area contributed by atoms with Crippen molar-refractivity contribution in [3.8, 4) is 5.75 Å². The Morgan fingerprint density at radius 1 is 1.35 bits per heavy atom. The van der Waals surface area contributed by atoms with Crippen LogP contribution in [0.15, 0.2) is 34.3 Å². The Labute approximate surface area is 110 Å². The molecule has 0 amide bonds. The van der Waals surface area contributed by atoms with Gasteiger partial charge in [-0.3, -0.25) is 0 Å². The van der Waals surface area contributed by atoms with Crippen LogP contribution in [0.3, 0.4) is 0 Å². The van der Waals surface area contributed by atoms with E-state index in [-0.39, 0.29) is 0 Å². The Morgan fingerprint density at radius 2 is 2.18 bits per heavy atom. The Hall–Kier alpha value is -0.800. The molecule has 1 atom stereocenters. The fourth-order valence-corrected chi connectivity index (χ4v) is 2.74. The summed E-state index contributed by atoms with van der Waals surface area (Å²) in [4.78, 5) is 0. The van der Waals surface area contributed by atoms with E-state index in [1.165, 1.54) is 12.8 Å². The summed E-state index contributed by atoms with van der Waals surface area (Å²) >= 11 is 3.44. The van der Waals surface area contributed by atoms with Gasteiger partial charge < -0.3 is 9.84 Å². The standard InChI is InChI=1S/C14H17BrO2/c1-17-13-8-7-11(9-12(13)15)14(16)10-5-3-2-4-6-10/h5,7-9,14,16H,2-4,6H2,1H3. The number of aliphatic hydroxyl groups is 1. The van der Waals surface area contributed by atoms with Crippen molar-refractivity contribution < 1.29 is 9.84 Å². The second kappa shape index (κ2) is 5.69. The van der Waals surface area contributed by atoms with Gasteiger partial charge in [-0.1, -0.05) is 12.1 Å². The lowest BCUT2D eigenvalue weighted by Crippen LogP contribution is -2.05. The summed E-state index contributed by atoms with van der Waals surface area (Å²) in [5, 5.41) is 10.3. The molecular weight excluding hydrogens is 280 g/mol. The maximum absolute atomic E-state index is 10.3. The zero-order chi connectivity index (χ0) is 12.3. The minimum absolute atomic E-state index is 0.475. The first kappa shape index (κ1) is 12.7. The highest BCUT2D eigenvalue weighted by Crippen LogP contribution is 2.33. The number of allylic oxidation sites excluding steroid dienone is 1. The van der Waals surface area contributed by atoms with Crippen molar-refractivity contribution in [1.82, 2.24) is 0 Å². The molecule has 2 nitrogen and oxygen atoms in total. The average molecular weight is 297 g/mol. The second-order valence-corrected chi connectivity index (χ2v) is 5.18. The molecule has 17 heavy (non-hydrogen) atoms. The van der Waals surface area contributed by atoms with E-state index in [4.69, 9.17) is 4.74 Å². The van der Waals surface area contributed by atoms with Crippen LogP contribution in [0.1, 0.15) is 37.4 Å². The summed E-state index contributed by atoms with van der Waals surface area (Å²) in [5.41, 5.74) is 2.07. The first-order valence-electron chi connectivity index (χ1n) is 5.93. The highest BCUT2D eigenvalue weighted by molar-refractivity contribution is 9.10. The van der Waals surface area contributed by atoms with E-state index in [1.54, 1.807) is 7.11 Å². The zero-order valence-corrected chi connectivity index (χ0v) is 11.5. The van der Waals surface area contributed by atoms with Crippen molar-refractivity contribution in [2.75, 3.05) is 7.11 Å². The Kier molecular flexibility index (Phi) is 4.24. The fraction of sp³-hybridized carbons (Fsp3) is 0.429. The zero-order valence-electron chi connectivity index (χ0n) is 9.95. The summed E-state index contributed by atoms with van der Waals surface area (Å²) in [6.07, 6.45) is 6.21. The van der Waals surface area contributed by atoms with Crippen LogP contribution in [0.5, 0.6) is 5.75 Å². The lowest BCUT2D eigenvalue weighted by molar-refractivity contribution is 0.208. The molecule has 3 heteroatoms. The Bertz CT molecular complexity index is 426. The molecule has 92 valence electrons. The maximum atomic E-state index is 10.3. The fourth-order valence-electron chi connectivity index (χ4n) is 2.18. The van der Waals surface area contributed by atoms with Gasteiger partial charge >= 0.3 is 0 Å². The molecule has 1 aliphatic rings. The van der Waals surface area contributed by atoms with Crippen molar-refractivity contribution in [3.05, 3.63) is 39.9 Å². The number of methoxy groups -OCH3 is 1. The molecule has 0 saturated carbocycles. The summed E-state index contributed by atoms with van der Waals surface area (Å²) in [6.45, 7) is 0. The Morgan fingerprint density at radius 3 is 2.76 bits per heavy atom. The number of halogens is 1. The smallest absolute Gasteiger partial charge is 0.133 e. The largest absolute Gasteiger partial charge is 0.496 e. The summed E-state index contributed by atoms with van der Waals surface area (Å²) < 4.78 is 6.06. The molecule has 0 aliphatic heterocycles. The molecule has 1 N–H and O–H groups in total. The lowest BCUT2D eigenvalue weighted by atomic mass is 9.92. The molecule has 0 saturated heterocycles. The second-order valence-electron chi connectivity index (χ2n) is 4.32. The molecule has 0 radical (unpaired) electrons. The minimum atomic E-state index is -0.475. The maximum Gasteiger partial charge on any atom is 0.133 e. The van der Waals surface area contributed by atoms with Crippen molar-refractivity contribution in [3.63, 3.8) is 0 Å². The molecule has 1 aromatic carbocycles. The van der Waals surface area contributed by atoms with Crippen molar-refractivity contribution >= 4 is 15.9 Å². The van der Waals surface area contributed by atoms with E-state index in [1.807, 2.05) is 18.2 Å². The van der Waals surface area contributed by atoms with E-state index in [0.29, 0.717) is 0 Å². The van der Waals surface area contributed by atoms with Crippen LogP contribution in [0, 0.1) is 0 Å². The van der Waals surface area contributed by atoms with Crippen LogP contribution in [0.4, 0.5) is 0 Å². The number of ether oxygens (including phenoxy) is 1. The van der Waals surface area contributed by atoms with Crippen LogP contribution in [0.2, 0.25) is 0 Å². The van der Waals surface area contributed by atoms with Crippen molar-refractivity contribution in [2.24, 2.45) is 0 Å². The molecule has 1 aromatic rings. The third-order valence-electron chi connectivity index (χ3n) is 3.17. The lowest BCUT2D eigenvalue weighted by Gasteiger charge is -2.19. The average Bonchev–Trinajstić information content (AvgIpc) is 2.39. The minimum Gasteiger partial charge on any atom is -0.496 e. The van der Waals surface area contributed by atoms with Gasteiger partial charge in [0.25, 0.3) is 0 Å². The molecule has 0 spiro atoms. The van der Waals surface area contributed by atoms with Gasteiger partial charge in [0.1, 0.15) is 11.9 Å². The van der Waals surface area contributed by atoms with Crippen LogP contribution in [-0.2, 0) is 0 Å². The van der Waals surface area contributed by atoms with Gasteiger partial charge in [-0.2, -0.15) is 0 Å². The van der Waals surface area contributed by atoms with Gasteiger partial charge in [-0.15, -0.1) is 0 Å². The number of hydrogen-bond donors (Lipinski definition) is 1. The molecule has 2 rings (SSSR count). The quantitative estimate of drug-likeness (QED) is 0.855. The van der Waals surface area contributed by atoms with E-state index >= 15 is 0 Å². The first-order chi connectivity index (χ1) is 8.22. The van der Waals surface area contributed by atoms with Crippen molar-refractivity contribution in [2.45, 2.75) is 31.8 Å². The van der Waals surface area contributed by atoms with E-state index in [9.17, 15) is 5.11 Å². The third kappa shape index (κ3) is 2.90. The summed E-state index contributed by atoms with van der Waals surface area (Å²) in [7, 11) is 1.64. The van der Waals surface area contributed by atoms with Gasteiger partial charge in [0.05, 0.1) is 11.6 Å². The van der Waals surface area contributed by atoms with Gasteiger partial charge in [0, 0.05) is 0 Å². The molecule has 0 fully saturated rings. The number of benzene rings is 1. The summed E-state index contributed by atoms with van der Waals surface area (Å²) in [6, 6.07) is 5.73. The molecule has 1 unspecified atom stereocenters. The first-order valence-corrected chi connectivity index (χ1v) is 6.72. The SMILES string of the molecule is COc1ccc(C(O)C2=CCCCC2)cc1Br. The predicted molar refractivity (Wildman–Crippen MR) is 72.2 cm³/mol. The van der Waals surface area contributed by atoms with Crippen LogP contribution >= 0.6 is 15.9 Å². The van der Waals surface area contributed by atoms with Crippen LogP contribution in [-0.4, -0.2) is 12.2 Å². The summed E-state index contributed by atoms with van der Waals surface area (Å²) in [5.74, 6) is 0.790. The van der Waals surface area contributed by atoms with Crippen LogP contribution in [0.25, 0.3) is 0 Å². The highest BCUT2D eigenvalue weighted by atomic mass is 79.9. The molecule has 0 aromatic heterocycles. The number of rotatable bonds is 3. The topological polar surface area (TPSA) is 29.5 Å². The van der Waals surface area contributed by atoms with Gasteiger partial charge in [0.15, 0.2) is 0 Å². The third-order valence-corrected chi connectivity index (χ3v) is 3.79. The Balaban J connectivity index is 2.21. The predicted octanol–water partition coefficient (Wildman–Crippen LogP) is 3.99. The van der Waals surface area contributed by atoms with Crippen LogP contribution < -0.4 is 4.74 Å². The van der Waals surface area contributed by atoms with Gasteiger partial charge in [-0.25, -0.2) is 0 Å². The molecule has 0 heterocycles. The van der Waals surface area contributed by atoms with E-state index in [0.717, 1.165) is 34.2 Å². The van der Waals surface area contributed by atoms with E-state index in [2.05, 4.69) is 22.0 Å². The monoisotopic (exact) mass is 296 g/mol. The molecule has 0 bridgehead atoms. The highest BCUT2D eigenvalue weighted by Gasteiger charge is 2.16. The van der Waals surface area contributed by atoms with Gasteiger partial charge in [-0.05, 0) is 64.9 Å². The number of aliphatic hydroxyl groups excluding tert-OH is 1. The molecular formula is C14H17BrO2. The normalized spacial score (nSPS) is 17.5. The number of hydrogen-bond acceptors (Lipinski definition) is 2. The van der Waals surface area contributed by atoms with E-state index < -0.39 is 6.10 Å². The molecule has 1 aliphatic carbocycles.